The maximum absolute atomic E-state index is 12.3. The Bertz CT molecular complexity index is 875. The van der Waals surface area contributed by atoms with Gasteiger partial charge >= 0.3 is 5.97 Å². The van der Waals surface area contributed by atoms with E-state index in [9.17, 15) is 19.2 Å². The minimum Gasteiger partial charge on any atom is -0.467 e. The van der Waals surface area contributed by atoms with Gasteiger partial charge in [0.25, 0.3) is 11.8 Å². The van der Waals surface area contributed by atoms with Gasteiger partial charge in [-0.05, 0) is 17.7 Å². The third-order valence-corrected chi connectivity index (χ3v) is 4.54. The van der Waals surface area contributed by atoms with Gasteiger partial charge in [0.05, 0.1) is 18.2 Å². The van der Waals surface area contributed by atoms with Gasteiger partial charge in [-0.2, -0.15) is 0 Å². The van der Waals surface area contributed by atoms with Crippen LogP contribution in [0.3, 0.4) is 0 Å². The summed E-state index contributed by atoms with van der Waals surface area (Å²) in [5.74, 6) is -1.83. The number of esters is 1. The maximum atomic E-state index is 12.3. The molecule has 0 unspecified atom stereocenters. The molecule has 0 radical (unpaired) electrons. The van der Waals surface area contributed by atoms with Crippen molar-refractivity contribution in [3.63, 3.8) is 0 Å². The lowest BCUT2D eigenvalue weighted by Crippen LogP contribution is -2.44. The van der Waals surface area contributed by atoms with Gasteiger partial charge in [0, 0.05) is 19.4 Å². The fourth-order valence-corrected chi connectivity index (χ4v) is 3.11. The van der Waals surface area contributed by atoms with Crippen LogP contribution in [0.15, 0.2) is 54.6 Å². The molecule has 1 aliphatic rings. The van der Waals surface area contributed by atoms with Gasteiger partial charge in [-0.1, -0.05) is 42.5 Å². The second kappa shape index (κ2) is 8.47. The summed E-state index contributed by atoms with van der Waals surface area (Å²) in [5.41, 5.74) is 1.55. The molecule has 7 heteroatoms. The molecule has 0 spiro atoms. The van der Waals surface area contributed by atoms with E-state index in [0.29, 0.717) is 11.1 Å². The first-order valence-electron chi connectivity index (χ1n) is 8.87. The van der Waals surface area contributed by atoms with Crippen molar-refractivity contribution in [2.75, 3.05) is 13.7 Å². The van der Waals surface area contributed by atoms with Crippen LogP contribution in [0.5, 0.6) is 0 Å². The fraction of sp³-hybridized carbons (Fsp3) is 0.238. The van der Waals surface area contributed by atoms with Gasteiger partial charge in [-0.3, -0.25) is 19.3 Å². The molecule has 0 bridgehead atoms. The molecule has 28 heavy (non-hydrogen) atoms. The van der Waals surface area contributed by atoms with E-state index in [1.165, 1.54) is 7.11 Å². The van der Waals surface area contributed by atoms with Crippen LogP contribution in [0, 0.1) is 0 Å². The Hall–Kier alpha value is -3.48. The third kappa shape index (κ3) is 4.09. The van der Waals surface area contributed by atoms with Crippen molar-refractivity contribution in [3.05, 3.63) is 71.3 Å². The predicted octanol–water partition coefficient (Wildman–Crippen LogP) is 1.57. The molecule has 0 fully saturated rings. The summed E-state index contributed by atoms with van der Waals surface area (Å²) in [6.07, 6.45) is 0.181. The first-order chi connectivity index (χ1) is 13.5. The van der Waals surface area contributed by atoms with E-state index in [4.69, 9.17) is 4.74 Å². The molecule has 2 aromatic rings. The lowest BCUT2D eigenvalue weighted by atomic mass is 10.1. The molecule has 1 heterocycles. The number of ether oxygens (including phenoxy) is 1. The zero-order valence-corrected chi connectivity index (χ0v) is 15.4. The van der Waals surface area contributed by atoms with Crippen LogP contribution in [0.1, 0.15) is 32.7 Å². The lowest BCUT2D eigenvalue weighted by Gasteiger charge is -2.18. The van der Waals surface area contributed by atoms with E-state index < -0.39 is 29.7 Å². The Morgan fingerprint density at radius 3 is 2.11 bits per heavy atom. The van der Waals surface area contributed by atoms with Gasteiger partial charge < -0.3 is 10.1 Å². The number of methoxy groups -OCH3 is 1. The van der Waals surface area contributed by atoms with Crippen molar-refractivity contribution in [2.45, 2.75) is 18.9 Å². The average molecular weight is 380 g/mol. The Morgan fingerprint density at radius 2 is 1.54 bits per heavy atom. The number of carbonyl (C=O) groups excluding carboxylic acids is 4. The molecule has 144 valence electrons. The molecule has 0 saturated heterocycles. The van der Waals surface area contributed by atoms with Crippen molar-refractivity contribution in [3.8, 4) is 0 Å². The zero-order chi connectivity index (χ0) is 20.1. The van der Waals surface area contributed by atoms with Crippen molar-refractivity contribution in [1.82, 2.24) is 10.2 Å². The van der Waals surface area contributed by atoms with Gasteiger partial charge in [0.1, 0.15) is 6.04 Å². The Morgan fingerprint density at radius 1 is 0.964 bits per heavy atom. The molecule has 1 N–H and O–H groups in total. The van der Waals surface area contributed by atoms with E-state index in [-0.39, 0.29) is 19.4 Å². The van der Waals surface area contributed by atoms with E-state index in [1.807, 2.05) is 30.3 Å². The summed E-state index contributed by atoms with van der Waals surface area (Å²) in [4.78, 5) is 50.1. The Kier molecular flexibility index (Phi) is 5.84. The molecule has 0 aliphatic carbocycles. The Balaban J connectivity index is 1.60. The summed E-state index contributed by atoms with van der Waals surface area (Å²) in [5, 5.41) is 2.63. The first-order valence-corrected chi connectivity index (χ1v) is 8.87. The standard InChI is InChI=1S/C21H20N2O5/c1-28-21(27)17(13-14-7-3-2-4-8-14)22-18(24)11-12-23-19(25)15-9-5-6-10-16(15)20(23)26/h2-10,17H,11-13H2,1H3,(H,22,24)/t17-/m0/s1. The highest BCUT2D eigenvalue weighted by Crippen LogP contribution is 2.22. The van der Waals surface area contributed by atoms with Crippen molar-refractivity contribution in [1.29, 1.82) is 0 Å². The van der Waals surface area contributed by atoms with Gasteiger partial charge in [0.15, 0.2) is 0 Å². The summed E-state index contributed by atoms with van der Waals surface area (Å²) >= 11 is 0. The zero-order valence-electron chi connectivity index (χ0n) is 15.4. The molecule has 1 atom stereocenters. The molecule has 7 nitrogen and oxygen atoms in total. The molecule has 3 amide bonds. The number of hydrogen-bond acceptors (Lipinski definition) is 5. The van der Waals surface area contributed by atoms with Crippen LogP contribution in [-0.2, 0) is 20.7 Å². The number of carbonyl (C=O) groups is 4. The number of nitrogens with one attached hydrogen (secondary N) is 1. The minimum absolute atomic E-state index is 0.0581. The largest absolute Gasteiger partial charge is 0.467 e. The van der Waals surface area contributed by atoms with Crippen molar-refractivity contribution < 1.29 is 23.9 Å². The normalized spacial score (nSPS) is 13.8. The minimum atomic E-state index is -0.845. The quantitative estimate of drug-likeness (QED) is 0.581. The highest BCUT2D eigenvalue weighted by molar-refractivity contribution is 6.21. The molecular formula is C21H20N2O5. The van der Waals surface area contributed by atoms with Crippen LogP contribution < -0.4 is 5.32 Å². The van der Waals surface area contributed by atoms with E-state index in [0.717, 1.165) is 10.5 Å². The molecule has 1 aliphatic heterocycles. The second-order valence-corrected chi connectivity index (χ2v) is 6.39. The SMILES string of the molecule is COC(=O)[C@H](Cc1ccccc1)NC(=O)CCN1C(=O)c2ccccc2C1=O. The maximum Gasteiger partial charge on any atom is 0.328 e. The molecular weight excluding hydrogens is 360 g/mol. The first kappa shape index (κ1) is 19.3. The summed E-state index contributed by atoms with van der Waals surface area (Å²) in [6, 6.07) is 14.9. The van der Waals surface area contributed by atoms with E-state index in [2.05, 4.69) is 5.32 Å². The van der Waals surface area contributed by atoms with Gasteiger partial charge in [0.2, 0.25) is 5.91 Å². The number of fused-ring (bicyclic) bond motifs is 1. The van der Waals surface area contributed by atoms with Crippen LogP contribution in [0.25, 0.3) is 0 Å². The van der Waals surface area contributed by atoms with Crippen molar-refractivity contribution >= 4 is 23.7 Å². The van der Waals surface area contributed by atoms with Gasteiger partial charge in [-0.25, -0.2) is 4.79 Å². The number of benzene rings is 2. The number of nitrogens with zero attached hydrogens (tertiary/aromatic N) is 1. The van der Waals surface area contributed by atoms with E-state index >= 15 is 0 Å². The fourth-order valence-electron chi connectivity index (χ4n) is 3.11. The topological polar surface area (TPSA) is 92.8 Å². The lowest BCUT2D eigenvalue weighted by molar-refractivity contribution is -0.145. The van der Waals surface area contributed by atoms with Crippen LogP contribution in [-0.4, -0.2) is 48.3 Å². The van der Waals surface area contributed by atoms with Crippen molar-refractivity contribution in [2.24, 2.45) is 0 Å². The van der Waals surface area contributed by atoms with Crippen LogP contribution in [0.4, 0.5) is 0 Å². The predicted molar refractivity (Wildman–Crippen MR) is 101 cm³/mol. The average Bonchev–Trinajstić information content (AvgIpc) is 2.96. The molecule has 2 aromatic carbocycles. The summed E-state index contributed by atoms with van der Waals surface area (Å²) < 4.78 is 4.77. The second-order valence-electron chi connectivity index (χ2n) is 6.39. The summed E-state index contributed by atoms with van der Waals surface area (Å²) in [7, 11) is 1.26. The smallest absolute Gasteiger partial charge is 0.328 e. The van der Waals surface area contributed by atoms with E-state index in [1.54, 1.807) is 24.3 Å². The van der Waals surface area contributed by atoms with Gasteiger partial charge in [-0.15, -0.1) is 0 Å². The number of rotatable bonds is 7. The molecule has 0 aromatic heterocycles. The summed E-state index contributed by atoms with van der Waals surface area (Å²) in [6.45, 7) is -0.0581. The molecule has 0 saturated carbocycles. The number of imide groups is 1. The Labute approximate surface area is 162 Å². The highest BCUT2D eigenvalue weighted by atomic mass is 16.5. The number of amides is 3. The molecule has 3 rings (SSSR count). The third-order valence-electron chi connectivity index (χ3n) is 4.54. The highest BCUT2D eigenvalue weighted by Gasteiger charge is 2.35. The van der Waals surface area contributed by atoms with Crippen LogP contribution >= 0.6 is 0 Å². The monoisotopic (exact) mass is 380 g/mol. The van der Waals surface area contributed by atoms with Crippen LogP contribution in [0.2, 0.25) is 0 Å². The number of hydrogen-bond donors (Lipinski definition) is 1.